The van der Waals surface area contributed by atoms with Gasteiger partial charge >= 0.3 is 0 Å². The van der Waals surface area contributed by atoms with Crippen molar-refractivity contribution in [3.05, 3.63) is 102 Å². The van der Waals surface area contributed by atoms with Crippen molar-refractivity contribution in [1.29, 1.82) is 0 Å². The van der Waals surface area contributed by atoms with E-state index in [0.29, 0.717) is 27.8 Å². The number of carbonyl (C=O) groups is 2. The third kappa shape index (κ3) is 4.71. The first-order valence-electron chi connectivity index (χ1n) is 13.1. The highest BCUT2D eigenvalue weighted by molar-refractivity contribution is 7.17. The summed E-state index contributed by atoms with van der Waals surface area (Å²) in [5.41, 5.74) is 5.85. The molecule has 42 heavy (non-hydrogen) atoms. The van der Waals surface area contributed by atoms with E-state index in [2.05, 4.69) is 25.3 Å². The Kier molecular flexibility index (Phi) is 6.32. The summed E-state index contributed by atoms with van der Waals surface area (Å²) in [6.07, 6.45) is 10.5. The van der Waals surface area contributed by atoms with Crippen LogP contribution in [0.2, 0.25) is 0 Å². The van der Waals surface area contributed by atoms with E-state index in [0.717, 1.165) is 37.9 Å². The number of aromatic nitrogens is 7. The van der Waals surface area contributed by atoms with E-state index in [1.54, 1.807) is 48.8 Å². The predicted octanol–water partition coefficient (Wildman–Crippen LogP) is 5.87. The fraction of sp³-hybridized carbons (Fsp3) is 0.0645. The number of fused-ring (bicyclic) bond motifs is 2. The molecule has 6 heterocycles. The van der Waals surface area contributed by atoms with E-state index in [4.69, 9.17) is 10.1 Å². The first-order chi connectivity index (χ1) is 20.5. The molecule has 0 saturated carbocycles. The summed E-state index contributed by atoms with van der Waals surface area (Å²) in [5.74, 6) is 0.451. The quantitative estimate of drug-likeness (QED) is 0.229. The van der Waals surface area contributed by atoms with Crippen LogP contribution in [0.1, 0.15) is 22.2 Å². The Morgan fingerprint density at radius 1 is 0.952 bits per heavy atom. The molecule has 0 saturated heterocycles. The normalized spacial score (nSPS) is 11.3. The molecule has 10 nitrogen and oxygen atoms in total. The number of H-pyrrole nitrogens is 1. The molecule has 6 aromatic heterocycles. The average molecular weight is 571 g/mol. The standard InChI is InChI=1S/C31H22N8O2S/c1-18(40)26-7-8-27(42-26)23-15-34-16-24-29(23)37-31(36-24)30-22-9-10-32-17-25(22)39(38-30)21-12-20(13-33-14-21)35-28(41)11-19-5-3-2-4-6-19/h2-10,12-17H,11H2,1H3,(H,35,41)(H,36,37). The highest BCUT2D eigenvalue weighted by Crippen LogP contribution is 2.35. The maximum Gasteiger partial charge on any atom is 0.228 e. The Hall–Kier alpha value is -5.55. The van der Waals surface area contributed by atoms with Gasteiger partial charge in [-0.1, -0.05) is 30.3 Å². The molecule has 0 aliphatic rings. The molecular weight excluding hydrogens is 548 g/mol. The van der Waals surface area contributed by atoms with E-state index in [9.17, 15) is 9.59 Å². The summed E-state index contributed by atoms with van der Waals surface area (Å²) < 4.78 is 1.74. The minimum absolute atomic E-state index is 0.0223. The van der Waals surface area contributed by atoms with Crippen molar-refractivity contribution in [2.24, 2.45) is 0 Å². The van der Waals surface area contributed by atoms with E-state index in [1.165, 1.54) is 11.3 Å². The zero-order chi connectivity index (χ0) is 28.6. The van der Waals surface area contributed by atoms with Crippen LogP contribution in [0.25, 0.3) is 49.6 Å². The van der Waals surface area contributed by atoms with E-state index < -0.39 is 0 Å². The molecule has 0 aliphatic carbocycles. The number of carbonyl (C=O) groups excluding carboxylic acids is 2. The molecule has 7 rings (SSSR count). The van der Waals surface area contributed by atoms with Crippen LogP contribution in [-0.2, 0) is 11.2 Å². The van der Waals surface area contributed by atoms with Crippen LogP contribution in [0.4, 0.5) is 5.69 Å². The van der Waals surface area contributed by atoms with Crippen molar-refractivity contribution in [2.45, 2.75) is 13.3 Å². The molecule has 0 aliphatic heterocycles. The fourth-order valence-electron chi connectivity index (χ4n) is 4.83. The molecule has 0 radical (unpaired) electrons. The summed E-state index contributed by atoms with van der Waals surface area (Å²) in [7, 11) is 0. The van der Waals surface area contributed by atoms with Crippen LogP contribution < -0.4 is 5.32 Å². The average Bonchev–Trinajstić information content (AvgIpc) is 3.75. The molecule has 0 bridgehead atoms. The molecule has 11 heteroatoms. The largest absolute Gasteiger partial charge is 0.335 e. The lowest BCUT2D eigenvalue weighted by molar-refractivity contribution is -0.115. The van der Waals surface area contributed by atoms with Gasteiger partial charge in [0, 0.05) is 28.2 Å². The van der Waals surface area contributed by atoms with Crippen LogP contribution in [0.15, 0.2) is 91.8 Å². The van der Waals surface area contributed by atoms with Gasteiger partial charge < -0.3 is 10.3 Å². The van der Waals surface area contributed by atoms with Crippen molar-refractivity contribution in [1.82, 2.24) is 34.7 Å². The second-order valence-corrected chi connectivity index (χ2v) is 10.8. The lowest BCUT2D eigenvalue weighted by Gasteiger charge is -2.08. The fourth-order valence-corrected chi connectivity index (χ4v) is 5.74. The number of hydrogen-bond acceptors (Lipinski definition) is 8. The number of hydrogen-bond donors (Lipinski definition) is 2. The maximum atomic E-state index is 12.7. The van der Waals surface area contributed by atoms with Gasteiger partial charge in [-0.15, -0.1) is 11.3 Å². The van der Waals surface area contributed by atoms with Gasteiger partial charge in [0.05, 0.1) is 58.5 Å². The number of nitrogens with zero attached hydrogens (tertiary/aromatic N) is 6. The van der Waals surface area contributed by atoms with Gasteiger partial charge in [-0.25, -0.2) is 9.67 Å². The molecule has 0 atom stereocenters. The molecule has 1 aromatic carbocycles. The molecule has 204 valence electrons. The van der Waals surface area contributed by atoms with Crippen molar-refractivity contribution in [3.63, 3.8) is 0 Å². The first-order valence-corrected chi connectivity index (χ1v) is 13.9. The smallest absolute Gasteiger partial charge is 0.228 e. The van der Waals surface area contributed by atoms with Crippen molar-refractivity contribution < 1.29 is 9.59 Å². The van der Waals surface area contributed by atoms with Crippen LogP contribution in [0, 0.1) is 0 Å². The number of thiophene rings is 1. The third-order valence-corrected chi connectivity index (χ3v) is 8.00. The third-order valence-electron chi connectivity index (χ3n) is 6.78. The highest BCUT2D eigenvalue weighted by Gasteiger charge is 2.19. The summed E-state index contributed by atoms with van der Waals surface area (Å²) in [6.45, 7) is 1.56. The zero-order valence-corrected chi connectivity index (χ0v) is 23.1. The number of ketones is 1. The first kappa shape index (κ1) is 25.4. The van der Waals surface area contributed by atoms with Crippen LogP contribution in [-0.4, -0.2) is 46.4 Å². The summed E-state index contributed by atoms with van der Waals surface area (Å²) in [4.78, 5) is 47.5. The van der Waals surface area contributed by atoms with Gasteiger partial charge in [-0.2, -0.15) is 5.10 Å². The number of imidazole rings is 1. The Labute approximate surface area is 243 Å². The Balaban J connectivity index is 1.26. The number of rotatable bonds is 7. The molecule has 0 spiro atoms. The number of Topliss-reactive ketones (excluding diaryl/α,β-unsaturated/α-hetero) is 1. The molecule has 7 aromatic rings. The lowest BCUT2D eigenvalue weighted by Crippen LogP contribution is -2.14. The van der Waals surface area contributed by atoms with Gasteiger partial charge in [0.25, 0.3) is 0 Å². The maximum absolute atomic E-state index is 12.7. The molecule has 1 amide bonds. The van der Waals surface area contributed by atoms with Gasteiger partial charge in [0.1, 0.15) is 11.2 Å². The Morgan fingerprint density at radius 2 is 1.81 bits per heavy atom. The van der Waals surface area contributed by atoms with E-state index >= 15 is 0 Å². The summed E-state index contributed by atoms with van der Waals surface area (Å²) in [5, 5.41) is 8.68. The van der Waals surface area contributed by atoms with Gasteiger partial charge in [-0.3, -0.25) is 24.5 Å². The van der Waals surface area contributed by atoms with Crippen LogP contribution in [0.5, 0.6) is 0 Å². The van der Waals surface area contributed by atoms with Crippen LogP contribution >= 0.6 is 11.3 Å². The van der Waals surface area contributed by atoms with Gasteiger partial charge in [0.2, 0.25) is 5.91 Å². The molecule has 0 fully saturated rings. The molecule has 2 N–H and O–H groups in total. The summed E-state index contributed by atoms with van der Waals surface area (Å²) >= 11 is 1.42. The number of pyridine rings is 3. The lowest BCUT2D eigenvalue weighted by atomic mass is 10.1. The SMILES string of the molecule is CC(=O)c1ccc(-c2cncc3[nH]c(-c4nn(-c5cncc(NC(=O)Cc6ccccc6)c5)c5cnccc45)nc23)s1. The second-order valence-electron chi connectivity index (χ2n) is 9.68. The summed E-state index contributed by atoms with van der Waals surface area (Å²) in [6, 6.07) is 17.0. The van der Waals surface area contributed by atoms with Crippen molar-refractivity contribution >= 4 is 50.7 Å². The minimum atomic E-state index is -0.138. The van der Waals surface area contributed by atoms with E-state index in [-0.39, 0.29) is 18.1 Å². The number of anilines is 1. The minimum Gasteiger partial charge on any atom is -0.335 e. The van der Waals surface area contributed by atoms with Gasteiger partial charge in [0.15, 0.2) is 11.6 Å². The monoisotopic (exact) mass is 570 g/mol. The number of aromatic amines is 1. The number of benzene rings is 1. The zero-order valence-electron chi connectivity index (χ0n) is 22.3. The van der Waals surface area contributed by atoms with Crippen LogP contribution in [0.3, 0.4) is 0 Å². The topological polar surface area (TPSA) is 131 Å². The molecular formula is C31H22N8O2S. The predicted molar refractivity (Wildman–Crippen MR) is 162 cm³/mol. The second kappa shape index (κ2) is 10.5. The number of amides is 1. The van der Waals surface area contributed by atoms with Crippen molar-refractivity contribution in [2.75, 3.05) is 5.32 Å². The molecule has 0 unspecified atom stereocenters. The highest BCUT2D eigenvalue weighted by atomic mass is 32.1. The Bertz CT molecular complexity index is 2110. The van der Waals surface area contributed by atoms with E-state index in [1.807, 2.05) is 54.6 Å². The number of nitrogens with one attached hydrogen (secondary N) is 2. The van der Waals surface area contributed by atoms with Gasteiger partial charge in [-0.05, 0) is 36.8 Å². The van der Waals surface area contributed by atoms with Crippen molar-refractivity contribution in [3.8, 4) is 27.6 Å². The Morgan fingerprint density at radius 3 is 2.64 bits per heavy atom.